The first-order chi connectivity index (χ1) is 9.46. The molecule has 0 fully saturated rings. The van der Waals surface area contributed by atoms with Gasteiger partial charge in [-0.05, 0) is 31.2 Å². The fourth-order valence-electron chi connectivity index (χ4n) is 1.37. The van der Waals surface area contributed by atoms with Gasteiger partial charge >= 0.3 is 0 Å². The molecule has 6 nitrogen and oxygen atoms in total. The van der Waals surface area contributed by atoms with Crippen LogP contribution in [0.25, 0.3) is 0 Å². The average molecular weight is 283 g/mol. The Kier molecular flexibility index (Phi) is 6.27. The molecule has 0 aliphatic rings. The molecule has 1 aromatic carbocycles. The molecule has 1 rings (SSSR count). The Morgan fingerprint density at radius 1 is 1.30 bits per heavy atom. The van der Waals surface area contributed by atoms with Crippen molar-refractivity contribution in [3.63, 3.8) is 0 Å². The number of ether oxygens (including phenoxy) is 2. The van der Waals surface area contributed by atoms with Crippen LogP contribution in [-0.4, -0.2) is 48.6 Å². The molecule has 0 spiro atoms. The largest absolute Gasteiger partial charge is 0.497 e. The molecule has 112 valence electrons. The van der Waals surface area contributed by atoms with Gasteiger partial charge in [0.15, 0.2) is 0 Å². The highest BCUT2D eigenvalue weighted by atomic mass is 16.5. The Morgan fingerprint density at radius 2 is 1.90 bits per heavy atom. The van der Waals surface area contributed by atoms with Gasteiger partial charge in [-0.3, -0.25) is 4.79 Å². The number of aliphatic hydroxyl groups excluding tert-OH is 1. The number of benzene rings is 1. The second-order valence-corrected chi connectivity index (χ2v) is 4.71. The highest BCUT2D eigenvalue weighted by Gasteiger charge is 2.19. The van der Waals surface area contributed by atoms with Gasteiger partial charge in [0.2, 0.25) is 5.91 Å². The maximum atomic E-state index is 11.5. The first-order valence-electron chi connectivity index (χ1n) is 6.33. The van der Waals surface area contributed by atoms with Crippen LogP contribution in [0.15, 0.2) is 24.3 Å². The van der Waals surface area contributed by atoms with Gasteiger partial charge in [-0.1, -0.05) is 0 Å². The molecule has 1 amide bonds. The number of nitrogens with one attached hydrogen (secondary N) is 1. The summed E-state index contributed by atoms with van der Waals surface area (Å²) in [7, 11) is 1.58. The first-order valence-corrected chi connectivity index (χ1v) is 6.33. The van der Waals surface area contributed by atoms with Crippen molar-refractivity contribution in [3.05, 3.63) is 24.3 Å². The van der Waals surface area contributed by atoms with E-state index in [2.05, 4.69) is 5.32 Å². The highest BCUT2D eigenvalue weighted by Crippen LogP contribution is 2.16. The van der Waals surface area contributed by atoms with Crippen LogP contribution in [0.1, 0.15) is 13.3 Å². The number of carbonyl (C=O) groups excluding carboxylic acids is 1. The van der Waals surface area contributed by atoms with Crippen LogP contribution >= 0.6 is 0 Å². The van der Waals surface area contributed by atoms with Crippen molar-refractivity contribution in [2.45, 2.75) is 18.9 Å². The number of methoxy groups -OCH3 is 1. The summed E-state index contributed by atoms with van der Waals surface area (Å²) in [5.41, 5.74) is -1.30. The third kappa shape index (κ3) is 5.90. The van der Waals surface area contributed by atoms with E-state index in [0.29, 0.717) is 5.75 Å². The van der Waals surface area contributed by atoms with Gasteiger partial charge in [-0.2, -0.15) is 0 Å². The van der Waals surface area contributed by atoms with Gasteiger partial charge in [0.05, 0.1) is 26.7 Å². The standard InChI is InChI=1S/C14H21NO5/c1-14(18,10-16)9-15-13(17)7-8-20-12-5-3-11(19-2)4-6-12/h3-6,16,18H,7-10H2,1-2H3,(H,15,17). The minimum absolute atomic E-state index is 0.00483. The fourth-order valence-corrected chi connectivity index (χ4v) is 1.37. The summed E-state index contributed by atoms with van der Waals surface area (Å²) in [6.45, 7) is 1.28. The van der Waals surface area contributed by atoms with E-state index in [1.807, 2.05) is 0 Å². The second-order valence-electron chi connectivity index (χ2n) is 4.71. The van der Waals surface area contributed by atoms with Gasteiger partial charge in [0.1, 0.15) is 17.1 Å². The van der Waals surface area contributed by atoms with Crippen LogP contribution in [0.4, 0.5) is 0 Å². The van der Waals surface area contributed by atoms with Crippen LogP contribution in [0, 0.1) is 0 Å². The van der Waals surface area contributed by atoms with Crippen molar-refractivity contribution in [2.75, 3.05) is 26.9 Å². The van der Waals surface area contributed by atoms with Gasteiger partial charge < -0.3 is 25.0 Å². The van der Waals surface area contributed by atoms with Gasteiger partial charge in [0, 0.05) is 6.54 Å². The molecule has 0 aliphatic heterocycles. The molecule has 1 atom stereocenters. The Bertz CT molecular complexity index is 416. The Labute approximate surface area is 118 Å². The Hall–Kier alpha value is -1.79. The summed E-state index contributed by atoms with van der Waals surface area (Å²) < 4.78 is 10.4. The maximum absolute atomic E-state index is 11.5. The van der Waals surface area contributed by atoms with Gasteiger partial charge in [-0.15, -0.1) is 0 Å². The van der Waals surface area contributed by atoms with Crippen molar-refractivity contribution < 1.29 is 24.5 Å². The Balaban J connectivity index is 2.24. The molecule has 20 heavy (non-hydrogen) atoms. The zero-order valence-corrected chi connectivity index (χ0v) is 11.8. The lowest BCUT2D eigenvalue weighted by atomic mass is 10.1. The summed E-state index contributed by atoms with van der Waals surface area (Å²) in [5.74, 6) is 1.15. The molecule has 3 N–H and O–H groups in total. The summed E-state index contributed by atoms with van der Waals surface area (Å²) in [4.78, 5) is 11.5. The molecule has 0 saturated carbocycles. The third-order valence-corrected chi connectivity index (χ3v) is 2.66. The molecule has 1 unspecified atom stereocenters. The second kappa shape index (κ2) is 7.72. The lowest BCUT2D eigenvalue weighted by molar-refractivity contribution is -0.123. The van der Waals surface area contributed by atoms with Crippen molar-refractivity contribution in [2.24, 2.45) is 0 Å². The summed E-state index contributed by atoms with van der Waals surface area (Å²) >= 11 is 0. The van der Waals surface area contributed by atoms with Crippen molar-refractivity contribution in [1.29, 1.82) is 0 Å². The van der Waals surface area contributed by atoms with Crippen LogP contribution < -0.4 is 14.8 Å². The maximum Gasteiger partial charge on any atom is 0.223 e. The average Bonchev–Trinajstić information content (AvgIpc) is 2.46. The number of hydrogen-bond acceptors (Lipinski definition) is 5. The lowest BCUT2D eigenvalue weighted by Crippen LogP contribution is -2.43. The predicted molar refractivity (Wildman–Crippen MR) is 73.8 cm³/mol. The van der Waals surface area contributed by atoms with Crippen LogP contribution in [-0.2, 0) is 4.79 Å². The minimum atomic E-state index is -1.30. The van der Waals surface area contributed by atoms with Crippen molar-refractivity contribution in [1.82, 2.24) is 5.32 Å². The predicted octanol–water partition coefficient (Wildman–Crippen LogP) is 0.324. The number of aliphatic hydroxyl groups is 2. The normalized spacial score (nSPS) is 13.4. The zero-order valence-electron chi connectivity index (χ0n) is 11.8. The highest BCUT2D eigenvalue weighted by molar-refractivity contribution is 5.76. The minimum Gasteiger partial charge on any atom is -0.497 e. The monoisotopic (exact) mass is 283 g/mol. The lowest BCUT2D eigenvalue weighted by Gasteiger charge is -2.20. The van der Waals surface area contributed by atoms with Crippen LogP contribution in [0.5, 0.6) is 11.5 Å². The van der Waals surface area contributed by atoms with Crippen molar-refractivity contribution in [3.8, 4) is 11.5 Å². The van der Waals surface area contributed by atoms with E-state index >= 15 is 0 Å². The van der Waals surface area contributed by atoms with E-state index in [-0.39, 0.29) is 25.5 Å². The van der Waals surface area contributed by atoms with E-state index < -0.39 is 12.2 Å². The summed E-state index contributed by atoms with van der Waals surface area (Å²) in [6, 6.07) is 7.06. The molecule has 0 saturated heterocycles. The molecule has 1 aromatic rings. The van der Waals surface area contributed by atoms with E-state index in [1.165, 1.54) is 6.92 Å². The first kappa shape index (κ1) is 16.3. The smallest absolute Gasteiger partial charge is 0.223 e. The topological polar surface area (TPSA) is 88.0 Å². The fraction of sp³-hybridized carbons (Fsp3) is 0.500. The molecule has 0 aromatic heterocycles. The van der Waals surface area contributed by atoms with E-state index in [4.69, 9.17) is 14.6 Å². The third-order valence-electron chi connectivity index (χ3n) is 2.66. The molecule has 0 radical (unpaired) electrons. The quantitative estimate of drug-likeness (QED) is 0.639. The van der Waals surface area contributed by atoms with E-state index in [1.54, 1.807) is 31.4 Å². The molecular formula is C14H21NO5. The van der Waals surface area contributed by atoms with Crippen LogP contribution in [0.2, 0.25) is 0 Å². The SMILES string of the molecule is COc1ccc(OCCC(=O)NCC(C)(O)CO)cc1. The molecule has 0 aliphatic carbocycles. The molecule has 0 bridgehead atoms. The number of rotatable bonds is 8. The summed E-state index contributed by atoms with van der Waals surface area (Å²) in [6.07, 6.45) is 0.174. The number of hydrogen-bond donors (Lipinski definition) is 3. The molecular weight excluding hydrogens is 262 g/mol. The molecule has 0 heterocycles. The van der Waals surface area contributed by atoms with E-state index in [9.17, 15) is 9.90 Å². The number of carbonyl (C=O) groups is 1. The zero-order chi connectivity index (χ0) is 15.0. The van der Waals surface area contributed by atoms with E-state index in [0.717, 1.165) is 5.75 Å². The van der Waals surface area contributed by atoms with Crippen molar-refractivity contribution >= 4 is 5.91 Å². The number of amides is 1. The van der Waals surface area contributed by atoms with Gasteiger partial charge in [0.25, 0.3) is 0 Å². The summed E-state index contributed by atoms with van der Waals surface area (Å²) in [5, 5.41) is 20.9. The Morgan fingerprint density at radius 3 is 2.45 bits per heavy atom. The van der Waals surface area contributed by atoms with Gasteiger partial charge in [-0.25, -0.2) is 0 Å². The van der Waals surface area contributed by atoms with Crippen LogP contribution in [0.3, 0.4) is 0 Å². The molecule has 6 heteroatoms.